The number of thiophene rings is 2. The van der Waals surface area contributed by atoms with Crippen LogP contribution < -0.4 is 9.44 Å². The predicted molar refractivity (Wildman–Crippen MR) is 155 cm³/mol. The Labute approximate surface area is 238 Å². The van der Waals surface area contributed by atoms with E-state index in [4.69, 9.17) is 23.2 Å². The molecule has 0 aliphatic heterocycles. The molecule has 0 bridgehead atoms. The smallest absolute Gasteiger partial charge is 0.265 e. The van der Waals surface area contributed by atoms with Gasteiger partial charge in [-0.05, 0) is 47.2 Å². The number of sulfonamides is 2. The second kappa shape index (κ2) is 12.4. The molecule has 2 heterocycles. The van der Waals surface area contributed by atoms with Gasteiger partial charge in [0.15, 0.2) is 0 Å². The van der Waals surface area contributed by atoms with Gasteiger partial charge < -0.3 is 0 Å². The molecule has 2 aromatic heterocycles. The number of hydrogen-bond donors (Lipinski definition) is 2. The first-order valence-corrected chi connectivity index (χ1v) is 16.4. The van der Waals surface area contributed by atoms with E-state index in [2.05, 4.69) is 19.4 Å². The number of hydrogen-bond acceptors (Lipinski definition) is 8. The molecule has 4 rings (SSSR count). The van der Waals surface area contributed by atoms with Gasteiger partial charge in [-0.2, -0.15) is 0 Å². The van der Waals surface area contributed by atoms with Crippen molar-refractivity contribution in [3.05, 3.63) is 105 Å². The number of nitrogens with zero attached hydrogens (tertiary/aromatic N) is 2. The molecule has 0 saturated heterocycles. The average Bonchev–Trinajstić information content (AvgIpc) is 3.61. The summed E-state index contributed by atoms with van der Waals surface area (Å²) in [6.07, 6.45) is 0. The van der Waals surface area contributed by atoms with Crippen molar-refractivity contribution in [1.82, 2.24) is 9.44 Å². The van der Waals surface area contributed by atoms with Gasteiger partial charge in [-0.3, -0.25) is 19.4 Å². The molecule has 4 aromatic rings. The first kappa shape index (κ1) is 28.3. The van der Waals surface area contributed by atoms with E-state index < -0.39 is 20.0 Å². The highest BCUT2D eigenvalue weighted by Gasteiger charge is 2.21. The fourth-order valence-electron chi connectivity index (χ4n) is 3.16. The molecule has 0 saturated carbocycles. The Kier molecular flexibility index (Phi) is 9.23. The maximum Gasteiger partial charge on any atom is 0.272 e. The Morgan fingerprint density at radius 1 is 0.632 bits per heavy atom. The zero-order valence-corrected chi connectivity index (χ0v) is 24.2. The molecular formula is C24H20Cl2N4O4S4. The van der Waals surface area contributed by atoms with Crippen molar-refractivity contribution in [2.45, 2.75) is 8.42 Å². The molecule has 0 spiro atoms. The van der Waals surface area contributed by atoms with E-state index in [9.17, 15) is 16.8 Å². The van der Waals surface area contributed by atoms with Crippen molar-refractivity contribution >= 4 is 77.6 Å². The van der Waals surface area contributed by atoms with E-state index in [1.165, 1.54) is 12.1 Å². The van der Waals surface area contributed by atoms with E-state index in [-0.39, 0.29) is 33.2 Å². The number of aliphatic imine (C=N–C) groups is 2. The summed E-state index contributed by atoms with van der Waals surface area (Å²) < 4.78 is 56.8. The zero-order valence-electron chi connectivity index (χ0n) is 19.4. The second-order valence-electron chi connectivity index (χ2n) is 7.50. The lowest BCUT2D eigenvalue weighted by Gasteiger charge is -2.13. The van der Waals surface area contributed by atoms with Gasteiger partial charge in [0, 0.05) is 11.1 Å². The zero-order chi connectivity index (χ0) is 27.2. The summed E-state index contributed by atoms with van der Waals surface area (Å²) in [7, 11) is -7.79. The second-order valence-corrected chi connectivity index (χ2v) is 14.0. The van der Waals surface area contributed by atoms with E-state index in [0.29, 0.717) is 21.2 Å². The fourth-order valence-corrected chi connectivity index (χ4v) is 7.68. The lowest BCUT2D eigenvalue weighted by Crippen LogP contribution is -2.32. The normalized spacial score (nSPS) is 12.9. The molecule has 0 unspecified atom stereocenters. The van der Waals surface area contributed by atoms with Crippen LogP contribution in [0.4, 0.5) is 0 Å². The Morgan fingerprint density at radius 3 is 1.37 bits per heavy atom. The number of amidine groups is 2. The van der Waals surface area contributed by atoms with Crippen LogP contribution in [0.5, 0.6) is 0 Å². The van der Waals surface area contributed by atoms with Gasteiger partial charge in [0.1, 0.15) is 20.1 Å². The highest BCUT2D eigenvalue weighted by atomic mass is 35.5. The molecule has 2 aromatic carbocycles. The highest BCUT2D eigenvalue weighted by molar-refractivity contribution is 7.92. The minimum atomic E-state index is -3.90. The molecular weight excluding hydrogens is 607 g/mol. The van der Waals surface area contributed by atoms with Gasteiger partial charge >= 0.3 is 0 Å². The van der Waals surface area contributed by atoms with Crippen molar-refractivity contribution < 1.29 is 16.8 Å². The molecule has 38 heavy (non-hydrogen) atoms. The average molecular weight is 628 g/mol. The largest absolute Gasteiger partial charge is 0.272 e. The monoisotopic (exact) mass is 626 g/mol. The van der Waals surface area contributed by atoms with Crippen LogP contribution in [0.1, 0.15) is 11.1 Å². The molecule has 0 atom stereocenters. The third-order valence-corrected chi connectivity index (χ3v) is 11.0. The topological polar surface area (TPSA) is 117 Å². The minimum Gasteiger partial charge on any atom is -0.265 e. The van der Waals surface area contributed by atoms with Crippen LogP contribution >= 0.6 is 45.9 Å². The van der Waals surface area contributed by atoms with E-state index in [1.54, 1.807) is 71.4 Å². The van der Waals surface area contributed by atoms with Crippen LogP contribution in [0.3, 0.4) is 0 Å². The molecule has 14 heteroatoms. The van der Waals surface area contributed by atoms with Crippen molar-refractivity contribution in [3.8, 4) is 0 Å². The van der Waals surface area contributed by atoms with Crippen LogP contribution in [0.2, 0.25) is 10.0 Å². The van der Waals surface area contributed by atoms with Crippen molar-refractivity contribution in [1.29, 1.82) is 0 Å². The van der Waals surface area contributed by atoms with Crippen molar-refractivity contribution in [2.24, 2.45) is 9.98 Å². The third kappa shape index (κ3) is 7.01. The Hall–Kier alpha value is -2.74. The first-order chi connectivity index (χ1) is 18.2. The molecule has 0 aliphatic carbocycles. The minimum absolute atomic E-state index is 0.0161. The standard InChI is InChI=1S/C24H20Cl2N4O4S4/c25-19-9-3-1-7-17(19)23(29-37(31,32)21-11-5-15-35-21)27-13-14-28-24(18-8-2-4-10-20(18)26)30-38(33,34)22-12-6-16-36-22/h1-12,15-16H,13-14H2,(H,27,29)(H,28,30). The van der Waals surface area contributed by atoms with Crippen LogP contribution in [0, 0.1) is 0 Å². The summed E-state index contributed by atoms with van der Waals surface area (Å²) in [4.78, 5) is 8.83. The van der Waals surface area contributed by atoms with Gasteiger partial charge in [-0.25, -0.2) is 16.8 Å². The number of benzene rings is 2. The molecule has 8 nitrogen and oxygen atoms in total. The molecule has 0 amide bonds. The molecule has 0 fully saturated rings. The van der Waals surface area contributed by atoms with Gasteiger partial charge in [0.25, 0.3) is 20.0 Å². The number of rotatable bonds is 9. The summed E-state index contributed by atoms with van der Waals surface area (Å²) in [6, 6.07) is 19.6. The maximum absolute atomic E-state index is 12.9. The summed E-state index contributed by atoms with van der Waals surface area (Å²) in [5, 5.41) is 3.93. The number of halogens is 2. The third-order valence-electron chi connectivity index (χ3n) is 4.88. The van der Waals surface area contributed by atoms with Crippen LogP contribution in [-0.4, -0.2) is 41.6 Å². The van der Waals surface area contributed by atoms with Crippen LogP contribution in [0.25, 0.3) is 0 Å². The maximum atomic E-state index is 12.9. The lowest BCUT2D eigenvalue weighted by molar-refractivity contribution is 0.592. The van der Waals surface area contributed by atoms with E-state index in [0.717, 1.165) is 22.7 Å². The predicted octanol–water partition coefficient (Wildman–Crippen LogP) is 5.27. The van der Waals surface area contributed by atoms with E-state index in [1.807, 2.05) is 0 Å². The first-order valence-electron chi connectivity index (χ1n) is 10.9. The summed E-state index contributed by atoms with van der Waals surface area (Å²) >= 11 is 14.8. The number of nitrogens with one attached hydrogen (secondary N) is 2. The van der Waals surface area contributed by atoms with Crippen LogP contribution in [-0.2, 0) is 20.0 Å². The quantitative estimate of drug-likeness (QED) is 0.150. The molecule has 2 N–H and O–H groups in total. The summed E-state index contributed by atoms with van der Waals surface area (Å²) in [5.41, 5.74) is 0.783. The van der Waals surface area contributed by atoms with Gasteiger partial charge in [-0.1, -0.05) is 59.6 Å². The lowest BCUT2D eigenvalue weighted by atomic mass is 10.2. The fraction of sp³-hybridized carbons (Fsp3) is 0.0833. The van der Waals surface area contributed by atoms with Gasteiger partial charge in [0.05, 0.1) is 23.1 Å². The molecule has 198 valence electrons. The van der Waals surface area contributed by atoms with Crippen molar-refractivity contribution in [3.63, 3.8) is 0 Å². The summed E-state index contributed by atoms with van der Waals surface area (Å²) in [5.74, 6) is 0.0790. The summed E-state index contributed by atoms with van der Waals surface area (Å²) in [6.45, 7) is 0.0321. The van der Waals surface area contributed by atoms with Gasteiger partial charge in [-0.15, -0.1) is 22.7 Å². The molecule has 0 radical (unpaired) electrons. The van der Waals surface area contributed by atoms with Crippen molar-refractivity contribution in [2.75, 3.05) is 13.1 Å². The highest BCUT2D eigenvalue weighted by Crippen LogP contribution is 2.21. The molecule has 0 aliphatic rings. The van der Waals surface area contributed by atoms with E-state index >= 15 is 0 Å². The Morgan fingerprint density at radius 2 is 1.03 bits per heavy atom. The Bertz CT molecular complexity index is 1540. The van der Waals surface area contributed by atoms with Crippen LogP contribution in [0.15, 0.2) is 102 Å². The van der Waals surface area contributed by atoms with Gasteiger partial charge in [0.2, 0.25) is 0 Å². The Balaban J connectivity index is 1.63. The SMILES string of the molecule is O=S(=O)(NC(=NCCN=C(NS(=O)(=O)c1cccs1)c1ccccc1Cl)c1ccccc1Cl)c1cccs1.